The molecule has 0 spiro atoms. The minimum atomic E-state index is 0.268. The molecule has 2 aliphatic carbocycles. The molecule has 0 aliphatic heterocycles. The average molecular weight is 172 g/mol. The molecular weight excluding hydrogens is 160 g/mol. The van der Waals surface area contributed by atoms with Crippen LogP contribution in [-0.4, -0.2) is 5.78 Å². The zero-order valence-corrected chi connectivity index (χ0v) is 7.49. The Morgan fingerprint density at radius 2 is 2.08 bits per heavy atom. The van der Waals surface area contributed by atoms with E-state index in [1.807, 2.05) is 6.07 Å². The van der Waals surface area contributed by atoms with E-state index in [2.05, 4.69) is 18.2 Å². The van der Waals surface area contributed by atoms with Crippen molar-refractivity contribution in [3.63, 3.8) is 0 Å². The molecule has 2 atom stereocenters. The van der Waals surface area contributed by atoms with E-state index in [9.17, 15) is 4.79 Å². The lowest BCUT2D eigenvalue weighted by Crippen LogP contribution is -2.38. The second-order valence-corrected chi connectivity index (χ2v) is 4.15. The van der Waals surface area contributed by atoms with Crippen LogP contribution < -0.4 is 0 Å². The molecule has 0 heterocycles. The maximum absolute atomic E-state index is 11.4. The molecule has 1 nitrogen and oxygen atoms in total. The number of carbonyl (C=O) groups excluding carboxylic acids is 1. The fourth-order valence-electron chi connectivity index (χ4n) is 2.71. The van der Waals surface area contributed by atoms with Crippen molar-refractivity contribution < 1.29 is 4.79 Å². The molecule has 0 amide bonds. The molecule has 1 saturated carbocycles. The van der Waals surface area contributed by atoms with Crippen molar-refractivity contribution in [1.82, 2.24) is 0 Å². The summed E-state index contributed by atoms with van der Waals surface area (Å²) in [6.07, 6.45) is 3.22. The normalized spacial score (nSPS) is 30.3. The number of hydrogen-bond acceptors (Lipinski definition) is 1. The van der Waals surface area contributed by atoms with Gasteiger partial charge >= 0.3 is 0 Å². The Labute approximate surface area is 77.8 Å². The van der Waals surface area contributed by atoms with Gasteiger partial charge in [-0.2, -0.15) is 0 Å². The third-order valence-corrected chi connectivity index (χ3v) is 3.46. The summed E-state index contributed by atoms with van der Waals surface area (Å²) >= 11 is 0. The zero-order valence-electron chi connectivity index (χ0n) is 7.49. The first kappa shape index (κ1) is 7.31. The number of aryl methyl sites for hydroxylation is 1. The summed E-state index contributed by atoms with van der Waals surface area (Å²) in [5.74, 6) is 1.39. The predicted octanol–water partition coefficient (Wildman–Crippen LogP) is 2.31. The maximum Gasteiger partial charge on any atom is 0.140 e. The van der Waals surface area contributed by atoms with Crippen molar-refractivity contribution in [2.24, 2.45) is 5.92 Å². The highest BCUT2D eigenvalue weighted by Crippen LogP contribution is 2.46. The SMILES string of the molecule is O=C1C[C@H]2CCc3ccccc3[C@@H]12. The van der Waals surface area contributed by atoms with E-state index in [0.29, 0.717) is 11.7 Å². The summed E-state index contributed by atoms with van der Waals surface area (Å²) in [7, 11) is 0. The van der Waals surface area contributed by atoms with Gasteiger partial charge in [-0.1, -0.05) is 24.3 Å². The van der Waals surface area contributed by atoms with Crippen LogP contribution in [0.5, 0.6) is 0 Å². The quantitative estimate of drug-likeness (QED) is 0.587. The molecule has 0 radical (unpaired) electrons. The number of fused-ring (bicyclic) bond motifs is 3. The van der Waals surface area contributed by atoms with E-state index in [-0.39, 0.29) is 5.92 Å². The fraction of sp³-hybridized carbons (Fsp3) is 0.417. The molecule has 66 valence electrons. The van der Waals surface area contributed by atoms with E-state index >= 15 is 0 Å². The monoisotopic (exact) mass is 172 g/mol. The molecule has 13 heavy (non-hydrogen) atoms. The van der Waals surface area contributed by atoms with Gasteiger partial charge in [0.2, 0.25) is 0 Å². The topological polar surface area (TPSA) is 17.1 Å². The Balaban J connectivity index is 2.10. The van der Waals surface area contributed by atoms with Crippen molar-refractivity contribution in [3.05, 3.63) is 35.4 Å². The van der Waals surface area contributed by atoms with Gasteiger partial charge in [-0.05, 0) is 29.9 Å². The van der Waals surface area contributed by atoms with Gasteiger partial charge in [0.05, 0.1) is 0 Å². The van der Waals surface area contributed by atoms with Crippen LogP contribution in [0.2, 0.25) is 0 Å². The van der Waals surface area contributed by atoms with Gasteiger partial charge < -0.3 is 0 Å². The van der Waals surface area contributed by atoms with Crippen molar-refractivity contribution in [2.45, 2.75) is 25.2 Å². The summed E-state index contributed by atoms with van der Waals surface area (Å²) in [6, 6.07) is 8.41. The minimum absolute atomic E-state index is 0.268. The molecule has 0 N–H and O–H groups in total. The molecule has 0 bridgehead atoms. The zero-order chi connectivity index (χ0) is 8.84. The fourth-order valence-corrected chi connectivity index (χ4v) is 2.71. The second-order valence-electron chi connectivity index (χ2n) is 4.15. The molecule has 0 saturated heterocycles. The summed E-state index contributed by atoms with van der Waals surface area (Å²) in [6.45, 7) is 0. The highest BCUT2D eigenvalue weighted by atomic mass is 16.1. The van der Waals surface area contributed by atoms with Gasteiger partial charge in [-0.25, -0.2) is 0 Å². The Kier molecular flexibility index (Phi) is 1.37. The van der Waals surface area contributed by atoms with E-state index in [1.165, 1.54) is 24.0 Å². The van der Waals surface area contributed by atoms with Gasteiger partial charge in [0.1, 0.15) is 5.78 Å². The molecule has 1 fully saturated rings. The van der Waals surface area contributed by atoms with Gasteiger partial charge in [0, 0.05) is 12.3 Å². The van der Waals surface area contributed by atoms with Crippen LogP contribution >= 0.6 is 0 Å². The minimum Gasteiger partial charge on any atom is -0.299 e. The Hall–Kier alpha value is -1.11. The second kappa shape index (κ2) is 2.44. The number of carbonyl (C=O) groups is 1. The summed E-state index contributed by atoms with van der Waals surface area (Å²) < 4.78 is 0. The first-order chi connectivity index (χ1) is 6.36. The van der Waals surface area contributed by atoms with Gasteiger partial charge in [-0.3, -0.25) is 4.79 Å². The third-order valence-electron chi connectivity index (χ3n) is 3.46. The lowest BCUT2D eigenvalue weighted by molar-refractivity contribution is -0.130. The van der Waals surface area contributed by atoms with E-state index in [0.717, 1.165) is 6.42 Å². The van der Waals surface area contributed by atoms with Crippen molar-refractivity contribution in [2.75, 3.05) is 0 Å². The van der Waals surface area contributed by atoms with Crippen molar-refractivity contribution in [3.8, 4) is 0 Å². The number of Topliss-reactive ketones (excluding diaryl/α,β-unsaturated/α-hetero) is 1. The van der Waals surface area contributed by atoms with Crippen LogP contribution in [0.4, 0.5) is 0 Å². The van der Waals surface area contributed by atoms with Gasteiger partial charge in [0.25, 0.3) is 0 Å². The van der Waals surface area contributed by atoms with E-state index in [4.69, 9.17) is 0 Å². The first-order valence-corrected chi connectivity index (χ1v) is 4.97. The highest BCUT2D eigenvalue weighted by Gasteiger charge is 2.43. The smallest absolute Gasteiger partial charge is 0.140 e. The number of benzene rings is 1. The van der Waals surface area contributed by atoms with Crippen molar-refractivity contribution in [1.29, 1.82) is 0 Å². The lowest BCUT2D eigenvalue weighted by Gasteiger charge is -2.40. The molecule has 0 unspecified atom stereocenters. The third kappa shape index (κ3) is 0.902. The molecule has 1 aromatic carbocycles. The number of hydrogen-bond donors (Lipinski definition) is 0. The Morgan fingerprint density at radius 3 is 2.92 bits per heavy atom. The van der Waals surface area contributed by atoms with Gasteiger partial charge in [-0.15, -0.1) is 0 Å². The largest absolute Gasteiger partial charge is 0.299 e. The highest BCUT2D eigenvalue weighted by molar-refractivity contribution is 5.93. The van der Waals surface area contributed by atoms with Crippen LogP contribution in [0, 0.1) is 5.92 Å². The first-order valence-electron chi connectivity index (χ1n) is 4.97. The molecule has 2 aliphatic rings. The Bertz CT molecular complexity index is 367. The standard InChI is InChI=1S/C12H12O/c13-11-7-9-6-5-8-3-1-2-4-10(8)12(9)11/h1-4,9,12H,5-7H2/t9-,12+/m1/s1. The number of rotatable bonds is 0. The average Bonchev–Trinajstić information content (AvgIpc) is 2.14. The molecule has 3 rings (SSSR count). The van der Waals surface area contributed by atoms with E-state index < -0.39 is 0 Å². The molecule has 1 aromatic rings. The Morgan fingerprint density at radius 1 is 1.23 bits per heavy atom. The van der Waals surface area contributed by atoms with Crippen molar-refractivity contribution >= 4 is 5.78 Å². The summed E-state index contributed by atoms with van der Waals surface area (Å²) in [4.78, 5) is 11.4. The van der Waals surface area contributed by atoms with Crippen LogP contribution in [0.3, 0.4) is 0 Å². The van der Waals surface area contributed by atoms with Gasteiger partial charge in [0.15, 0.2) is 0 Å². The van der Waals surface area contributed by atoms with Crippen LogP contribution in [-0.2, 0) is 11.2 Å². The van der Waals surface area contributed by atoms with Crippen LogP contribution in [0.25, 0.3) is 0 Å². The molecule has 0 aromatic heterocycles. The predicted molar refractivity (Wildman–Crippen MR) is 50.6 cm³/mol. The molecular formula is C12H12O. The number of ketones is 1. The van der Waals surface area contributed by atoms with Crippen LogP contribution in [0.1, 0.15) is 29.9 Å². The summed E-state index contributed by atoms with van der Waals surface area (Å²) in [5.41, 5.74) is 2.71. The lowest BCUT2D eigenvalue weighted by atomic mass is 9.62. The summed E-state index contributed by atoms with van der Waals surface area (Å²) in [5, 5.41) is 0. The molecule has 1 heteroatoms. The van der Waals surface area contributed by atoms with Crippen LogP contribution in [0.15, 0.2) is 24.3 Å². The van der Waals surface area contributed by atoms with E-state index in [1.54, 1.807) is 0 Å². The maximum atomic E-state index is 11.4.